The first-order chi connectivity index (χ1) is 14.9. The Balaban J connectivity index is 2.18. The fourth-order valence-corrected chi connectivity index (χ4v) is 6.98. The molecule has 1 N–H and O–H groups in total. The molecule has 1 heterocycles. The second-order valence-corrected chi connectivity index (χ2v) is 10.4. The van der Waals surface area contributed by atoms with Crippen LogP contribution in [0.4, 0.5) is 0 Å². The number of sulfone groups is 1. The van der Waals surface area contributed by atoms with Crippen LogP contribution in [0.5, 0.6) is 5.75 Å². The van der Waals surface area contributed by atoms with E-state index in [0.29, 0.717) is 37.4 Å². The van der Waals surface area contributed by atoms with E-state index in [-0.39, 0.29) is 10.6 Å². The van der Waals surface area contributed by atoms with Gasteiger partial charge in [-0.3, -0.25) is 0 Å². The summed E-state index contributed by atoms with van der Waals surface area (Å²) in [5.41, 5.74) is 0.867. The smallest absolute Gasteiger partial charge is 0.179 e. The summed E-state index contributed by atoms with van der Waals surface area (Å²) in [6.45, 7) is 4.85. The van der Waals surface area contributed by atoms with E-state index in [1.165, 1.54) is 0 Å². The van der Waals surface area contributed by atoms with Crippen LogP contribution >= 0.6 is 0 Å². The molecule has 0 saturated carbocycles. The molecule has 170 valence electrons. The van der Waals surface area contributed by atoms with Gasteiger partial charge in [0.05, 0.1) is 23.4 Å². The summed E-state index contributed by atoms with van der Waals surface area (Å²) in [6, 6.07) is 15.0. The summed E-state index contributed by atoms with van der Waals surface area (Å²) in [6.07, 6.45) is 2.30. The normalized spacial score (nSPS) is 24.9. The maximum atomic E-state index is 13.6. The minimum Gasteiger partial charge on any atom is -0.491 e. The van der Waals surface area contributed by atoms with Crippen molar-refractivity contribution in [2.45, 2.75) is 56.4 Å². The topological polar surface area (TPSA) is 72.8 Å². The maximum absolute atomic E-state index is 13.6. The van der Waals surface area contributed by atoms with E-state index in [4.69, 9.17) is 9.47 Å². The lowest BCUT2D eigenvalue weighted by Gasteiger charge is -2.39. The minimum atomic E-state index is -3.63. The van der Waals surface area contributed by atoms with Gasteiger partial charge in [0.15, 0.2) is 9.84 Å². The Kier molecular flexibility index (Phi) is 7.78. The van der Waals surface area contributed by atoms with Gasteiger partial charge in [-0.15, -0.1) is 0 Å². The molecule has 3 rings (SSSR count). The largest absolute Gasteiger partial charge is 0.491 e. The van der Waals surface area contributed by atoms with Crippen LogP contribution in [-0.4, -0.2) is 45.7 Å². The fourth-order valence-electron chi connectivity index (χ4n) is 4.70. The summed E-state index contributed by atoms with van der Waals surface area (Å²) in [5.74, 6) is 0.0201. The standard InChI is InChI=1S/C25H34O5S/c1-4-6-14-25(5-2)18-31(27,28)22-17-20(30-16-15-29-3)12-13-21(22)23(24(25)26)19-10-8-7-9-11-19/h7-13,17,23-24,26H,4-6,14-16,18H2,1-3H3/t23-,24?,25-/m1/s1. The molecule has 6 heteroatoms. The molecule has 3 atom stereocenters. The van der Waals surface area contributed by atoms with E-state index in [1.54, 1.807) is 19.2 Å². The first-order valence-electron chi connectivity index (χ1n) is 11.1. The third-order valence-corrected chi connectivity index (χ3v) is 8.50. The highest BCUT2D eigenvalue weighted by atomic mass is 32.2. The van der Waals surface area contributed by atoms with E-state index in [0.717, 1.165) is 18.4 Å². The van der Waals surface area contributed by atoms with Gasteiger partial charge in [-0.1, -0.05) is 63.1 Å². The van der Waals surface area contributed by atoms with E-state index < -0.39 is 27.3 Å². The molecule has 0 aromatic heterocycles. The third-order valence-electron chi connectivity index (χ3n) is 6.52. The Morgan fingerprint density at radius 1 is 1.10 bits per heavy atom. The molecule has 0 radical (unpaired) electrons. The lowest BCUT2D eigenvalue weighted by atomic mass is 9.69. The molecule has 2 aromatic carbocycles. The number of hydrogen-bond donors (Lipinski definition) is 1. The molecule has 1 aliphatic rings. The highest BCUT2D eigenvalue weighted by Gasteiger charge is 2.48. The Morgan fingerprint density at radius 2 is 1.84 bits per heavy atom. The summed E-state index contributed by atoms with van der Waals surface area (Å²) >= 11 is 0. The molecule has 0 spiro atoms. The van der Waals surface area contributed by atoms with Gasteiger partial charge in [0.2, 0.25) is 0 Å². The van der Waals surface area contributed by atoms with Crippen LogP contribution in [0.15, 0.2) is 53.4 Å². The van der Waals surface area contributed by atoms with Gasteiger partial charge in [0.1, 0.15) is 12.4 Å². The lowest BCUT2D eigenvalue weighted by Crippen LogP contribution is -2.42. The van der Waals surface area contributed by atoms with Gasteiger partial charge in [-0.25, -0.2) is 8.42 Å². The van der Waals surface area contributed by atoms with Crippen molar-refractivity contribution in [3.63, 3.8) is 0 Å². The van der Waals surface area contributed by atoms with Crippen molar-refractivity contribution >= 4 is 9.84 Å². The molecule has 2 aromatic rings. The number of ether oxygens (including phenoxy) is 2. The van der Waals surface area contributed by atoms with Crippen LogP contribution in [0, 0.1) is 5.41 Å². The third kappa shape index (κ3) is 4.97. The molecule has 5 nitrogen and oxygen atoms in total. The zero-order chi connectivity index (χ0) is 22.5. The summed E-state index contributed by atoms with van der Waals surface area (Å²) in [4.78, 5) is 0.266. The maximum Gasteiger partial charge on any atom is 0.179 e. The van der Waals surface area contributed by atoms with Crippen LogP contribution < -0.4 is 4.74 Å². The van der Waals surface area contributed by atoms with Crippen LogP contribution in [0.2, 0.25) is 0 Å². The summed E-state index contributed by atoms with van der Waals surface area (Å²) < 4.78 is 38.0. The van der Waals surface area contributed by atoms with Crippen LogP contribution in [-0.2, 0) is 14.6 Å². The van der Waals surface area contributed by atoms with Gasteiger partial charge in [0.25, 0.3) is 0 Å². The minimum absolute atomic E-state index is 0.0600. The zero-order valence-corrected chi connectivity index (χ0v) is 19.5. The van der Waals surface area contributed by atoms with Crippen LogP contribution in [0.1, 0.15) is 56.6 Å². The number of methoxy groups -OCH3 is 1. The van der Waals surface area contributed by atoms with Gasteiger partial charge in [-0.2, -0.15) is 0 Å². The van der Waals surface area contributed by atoms with Gasteiger partial charge >= 0.3 is 0 Å². The lowest BCUT2D eigenvalue weighted by molar-refractivity contribution is 0.0174. The first kappa shape index (κ1) is 23.8. The summed E-state index contributed by atoms with van der Waals surface area (Å²) in [7, 11) is -2.03. The monoisotopic (exact) mass is 446 g/mol. The number of aliphatic hydroxyl groups excluding tert-OH is 1. The number of hydrogen-bond acceptors (Lipinski definition) is 5. The molecular weight excluding hydrogens is 412 g/mol. The highest BCUT2D eigenvalue weighted by Crippen LogP contribution is 2.49. The molecule has 0 saturated heterocycles. The quantitative estimate of drug-likeness (QED) is 0.571. The number of rotatable bonds is 9. The van der Waals surface area contributed by atoms with Gasteiger partial charge in [-0.05, 0) is 36.1 Å². The van der Waals surface area contributed by atoms with Gasteiger partial charge < -0.3 is 14.6 Å². The fraction of sp³-hybridized carbons (Fsp3) is 0.520. The average Bonchev–Trinajstić information content (AvgIpc) is 2.84. The Morgan fingerprint density at radius 3 is 2.48 bits per heavy atom. The van der Waals surface area contributed by atoms with Crippen molar-refractivity contribution in [3.05, 3.63) is 59.7 Å². The predicted molar refractivity (Wildman–Crippen MR) is 122 cm³/mol. The van der Waals surface area contributed by atoms with Crippen molar-refractivity contribution in [2.75, 3.05) is 26.1 Å². The molecule has 31 heavy (non-hydrogen) atoms. The van der Waals surface area contributed by atoms with Gasteiger partial charge in [0, 0.05) is 18.4 Å². The molecule has 0 aliphatic carbocycles. The van der Waals surface area contributed by atoms with Crippen molar-refractivity contribution in [2.24, 2.45) is 5.41 Å². The average molecular weight is 447 g/mol. The van der Waals surface area contributed by atoms with E-state index in [9.17, 15) is 13.5 Å². The van der Waals surface area contributed by atoms with Crippen LogP contribution in [0.25, 0.3) is 0 Å². The predicted octanol–water partition coefficient (Wildman–Crippen LogP) is 4.58. The molecular formula is C25H34O5S. The van der Waals surface area contributed by atoms with E-state index >= 15 is 0 Å². The molecule has 0 amide bonds. The zero-order valence-electron chi connectivity index (χ0n) is 18.7. The number of benzene rings is 2. The molecule has 1 aliphatic heterocycles. The molecule has 0 fully saturated rings. The Labute approximate surface area is 186 Å². The van der Waals surface area contributed by atoms with Crippen molar-refractivity contribution < 1.29 is 23.0 Å². The number of unbranched alkanes of at least 4 members (excludes halogenated alkanes) is 1. The Hall–Kier alpha value is -1.89. The SMILES string of the molecule is CCCC[C@]1(CC)CS(=O)(=O)c2cc(OCCOC)ccc2[C@@H](c2ccccc2)C1O. The van der Waals surface area contributed by atoms with Crippen LogP contribution in [0.3, 0.4) is 0 Å². The Bertz CT molecular complexity index is 957. The van der Waals surface area contributed by atoms with E-state index in [1.807, 2.05) is 43.3 Å². The molecule has 0 bridgehead atoms. The highest BCUT2D eigenvalue weighted by molar-refractivity contribution is 7.91. The van der Waals surface area contributed by atoms with Crippen molar-refractivity contribution in [1.29, 1.82) is 0 Å². The second kappa shape index (κ2) is 10.2. The van der Waals surface area contributed by atoms with Crippen molar-refractivity contribution in [1.82, 2.24) is 0 Å². The first-order valence-corrected chi connectivity index (χ1v) is 12.7. The van der Waals surface area contributed by atoms with E-state index in [2.05, 4.69) is 6.92 Å². The van der Waals surface area contributed by atoms with Crippen molar-refractivity contribution in [3.8, 4) is 5.75 Å². The molecule has 1 unspecified atom stereocenters. The number of aliphatic hydroxyl groups is 1. The number of fused-ring (bicyclic) bond motifs is 1. The summed E-state index contributed by atoms with van der Waals surface area (Å²) in [5, 5.41) is 11.7. The second-order valence-electron chi connectivity index (χ2n) is 8.45.